The van der Waals surface area contributed by atoms with Crippen molar-refractivity contribution in [3.8, 4) is 5.69 Å². The number of ketones is 1. The van der Waals surface area contributed by atoms with E-state index in [2.05, 4.69) is 25.1 Å². The number of carbonyl (C=O) groups is 1. The molecule has 0 unspecified atom stereocenters. The minimum atomic E-state index is -4.93. The zero-order chi connectivity index (χ0) is 31.4. The van der Waals surface area contributed by atoms with E-state index in [9.17, 15) is 35.2 Å². The van der Waals surface area contributed by atoms with E-state index in [-0.39, 0.29) is 31.4 Å². The fourth-order valence-electron chi connectivity index (χ4n) is 5.93. The van der Waals surface area contributed by atoms with Gasteiger partial charge in [-0.15, -0.1) is 5.10 Å². The Morgan fingerprint density at radius 3 is 2.59 bits per heavy atom. The van der Waals surface area contributed by atoms with Crippen LogP contribution in [0.5, 0.6) is 0 Å². The van der Waals surface area contributed by atoms with Gasteiger partial charge in [0, 0.05) is 25.4 Å². The van der Waals surface area contributed by atoms with E-state index in [0.29, 0.717) is 26.8 Å². The van der Waals surface area contributed by atoms with Crippen molar-refractivity contribution < 1.29 is 35.2 Å². The molecule has 6 rings (SSSR count). The molecule has 0 saturated heterocycles. The SMILES string of the molecule is Cn1cnc(S(=O)(=O)N(CC(F)(F)F)[C@H]2CCC3=Cc4c(cnn4-c4ccc(F)nc4)C[C@]3(C(=O)c3cc(F)ccn3)C2)n1. The summed E-state index contributed by atoms with van der Waals surface area (Å²) in [5, 5.41) is 7.28. The first-order chi connectivity index (χ1) is 20.8. The molecule has 0 aliphatic heterocycles. The molecule has 11 nitrogen and oxygen atoms in total. The average molecular weight is 635 g/mol. The number of hydrogen-bond acceptors (Lipinski definition) is 8. The van der Waals surface area contributed by atoms with E-state index in [4.69, 9.17) is 0 Å². The van der Waals surface area contributed by atoms with Gasteiger partial charge in [0.2, 0.25) is 5.95 Å². The zero-order valence-electron chi connectivity index (χ0n) is 22.9. The summed E-state index contributed by atoms with van der Waals surface area (Å²) >= 11 is 0. The highest BCUT2D eigenvalue weighted by molar-refractivity contribution is 7.89. The van der Waals surface area contributed by atoms with Gasteiger partial charge in [-0.05, 0) is 55.5 Å². The summed E-state index contributed by atoms with van der Waals surface area (Å²) in [6.07, 6.45) is 1.15. The van der Waals surface area contributed by atoms with Crippen LogP contribution in [-0.2, 0) is 23.5 Å². The molecular formula is C27H23F5N8O3S. The van der Waals surface area contributed by atoms with Crippen molar-refractivity contribution in [2.45, 2.75) is 43.1 Å². The average Bonchev–Trinajstić information content (AvgIpc) is 3.60. The summed E-state index contributed by atoms with van der Waals surface area (Å²) in [5.74, 6) is -2.11. The summed E-state index contributed by atoms with van der Waals surface area (Å²) in [7, 11) is -3.49. The number of aryl methyl sites for hydroxylation is 1. The van der Waals surface area contributed by atoms with Gasteiger partial charge in [-0.25, -0.2) is 27.5 Å². The van der Waals surface area contributed by atoms with Gasteiger partial charge in [0.1, 0.15) is 24.4 Å². The van der Waals surface area contributed by atoms with Gasteiger partial charge < -0.3 is 0 Å². The lowest BCUT2D eigenvalue weighted by Gasteiger charge is -2.46. The van der Waals surface area contributed by atoms with Crippen molar-refractivity contribution in [1.29, 1.82) is 0 Å². The van der Waals surface area contributed by atoms with Gasteiger partial charge in [-0.3, -0.25) is 14.5 Å². The van der Waals surface area contributed by atoms with Gasteiger partial charge >= 0.3 is 6.18 Å². The lowest BCUT2D eigenvalue weighted by molar-refractivity contribution is -0.140. The van der Waals surface area contributed by atoms with E-state index in [0.717, 1.165) is 35.4 Å². The highest BCUT2D eigenvalue weighted by Gasteiger charge is 2.53. The van der Waals surface area contributed by atoms with E-state index < -0.39 is 56.9 Å². The molecule has 0 N–H and O–H groups in total. The molecule has 0 aromatic carbocycles. The summed E-state index contributed by atoms with van der Waals surface area (Å²) in [6.45, 7) is -1.83. The maximum Gasteiger partial charge on any atom is 0.402 e. The molecule has 4 aromatic rings. The minimum absolute atomic E-state index is 0.0253. The van der Waals surface area contributed by atoms with E-state index >= 15 is 0 Å². The van der Waals surface area contributed by atoms with Crippen molar-refractivity contribution in [3.63, 3.8) is 0 Å². The molecule has 1 saturated carbocycles. The lowest BCUT2D eigenvalue weighted by Crippen LogP contribution is -2.53. The maximum atomic E-state index is 14.2. The third-order valence-corrected chi connectivity index (χ3v) is 9.53. The van der Waals surface area contributed by atoms with Crippen LogP contribution in [0.25, 0.3) is 11.8 Å². The Bertz CT molecular complexity index is 1890. The van der Waals surface area contributed by atoms with Crippen LogP contribution in [-0.4, -0.2) is 71.8 Å². The summed E-state index contributed by atoms with van der Waals surface area (Å²) in [5.41, 5.74) is 0.137. The molecule has 0 spiro atoms. The molecular weight excluding hydrogens is 611 g/mol. The van der Waals surface area contributed by atoms with Gasteiger partial charge in [0.05, 0.1) is 29.2 Å². The van der Waals surface area contributed by atoms with E-state index in [1.54, 1.807) is 6.08 Å². The number of halogens is 5. The quantitative estimate of drug-likeness (QED) is 0.171. The third-order valence-electron chi connectivity index (χ3n) is 7.84. The van der Waals surface area contributed by atoms with Crippen LogP contribution in [0, 0.1) is 17.2 Å². The third kappa shape index (κ3) is 5.29. The first kappa shape index (κ1) is 29.7. The number of alkyl halides is 3. The van der Waals surface area contributed by atoms with Gasteiger partial charge in [0.15, 0.2) is 5.78 Å². The van der Waals surface area contributed by atoms with Crippen LogP contribution in [0.3, 0.4) is 0 Å². The fraction of sp³-hybridized carbons (Fsp3) is 0.333. The largest absolute Gasteiger partial charge is 0.402 e. The van der Waals surface area contributed by atoms with E-state index in [1.165, 1.54) is 30.2 Å². The summed E-state index contributed by atoms with van der Waals surface area (Å²) in [4.78, 5) is 25.6. The van der Waals surface area contributed by atoms with Crippen molar-refractivity contribution in [2.75, 3.05) is 6.54 Å². The van der Waals surface area contributed by atoms with Crippen LogP contribution in [0.2, 0.25) is 0 Å². The maximum absolute atomic E-state index is 14.2. The van der Waals surface area contributed by atoms with Crippen LogP contribution in [0.1, 0.15) is 41.0 Å². The van der Waals surface area contributed by atoms with Crippen molar-refractivity contribution in [1.82, 2.24) is 38.8 Å². The number of fused-ring (bicyclic) bond motifs is 2. The Hall–Kier alpha value is -4.38. The normalized spacial score (nSPS) is 20.2. The molecule has 0 bridgehead atoms. The predicted molar refractivity (Wildman–Crippen MR) is 143 cm³/mol. The molecule has 0 amide bonds. The van der Waals surface area contributed by atoms with Gasteiger partial charge in [0.25, 0.3) is 15.2 Å². The standard InChI is InChI=1S/C27H23F5N8O3S/c1-38-15-35-25(37-38)44(42,43)39(14-27(30,31)32)19-3-2-17-8-22-16(12-36-40(22)20-4-5-23(29)34-13-20)10-26(17,11-19)24(41)21-9-18(28)6-7-33-21/h4-9,12-13,15,19H,2-3,10-11,14H2,1H3/t19-,26-/m0/s1. The second-order valence-electron chi connectivity index (χ2n) is 10.7. The molecule has 0 radical (unpaired) electrons. The Balaban J connectivity index is 1.46. The minimum Gasteiger partial charge on any atom is -0.291 e. The summed E-state index contributed by atoms with van der Waals surface area (Å²) in [6, 6.07) is 3.29. The number of nitrogens with zero attached hydrogens (tertiary/aromatic N) is 8. The first-order valence-electron chi connectivity index (χ1n) is 13.3. The lowest BCUT2D eigenvalue weighted by atomic mass is 9.60. The van der Waals surface area contributed by atoms with Gasteiger partial charge in [-0.1, -0.05) is 5.57 Å². The molecule has 2 aliphatic rings. The Morgan fingerprint density at radius 2 is 1.93 bits per heavy atom. The van der Waals surface area contributed by atoms with Gasteiger partial charge in [-0.2, -0.15) is 27.0 Å². The second-order valence-corrected chi connectivity index (χ2v) is 12.5. The van der Waals surface area contributed by atoms with Crippen molar-refractivity contribution >= 4 is 21.9 Å². The predicted octanol–water partition coefficient (Wildman–Crippen LogP) is 3.68. The molecule has 2 atom stereocenters. The van der Waals surface area contributed by atoms with Crippen LogP contribution >= 0.6 is 0 Å². The molecule has 4 heterocycles. The molecule has 2 aliphatic carbocycles. The molecule has 4 aromatic heterocycles. The van der Waals surface area contributed by atoms with Crippen molar-refractivity contribution in [3.05, 3.63) is 83.5 Å². The van der Waals surface area contributed by atoms with Crippen LogP contribution in [0.4, 0.5) is 22.0 Å². The number of carbonyl (C=O) groups excluding carboxylic acids is 1. The molecule has 44 heavy (non-hydrogen) atoms. The Kier molecular flexibility index (Phi) is 7.19. The highest BCUT2D eigenvalue weighted by Crippen LogP contribution is 2.51. The number of allylic oxidation sites excluding steroid dienone is 1. The van der Waals surface area contributed by atoms with Crippen LogP contribution in [0.15, 0.2) is 59.9 Å². The Labute approximate surface area is 247 Å². The topological polar surface area (TPSA) is 129 Å². The smallest absolute Gasteiger partial charge is 0.291 e. The second kappa shape index (κ2) is 10.7. The van der Waals surface area contributed by atoms with Crippen LogP contribution < -0.4 is 0 Å². The number of pyridine rings is 2. The number of sulfonamides is 1. The number of Topliss-reactive ketones (excluding diaryl/α,β-unsaturated/α-hetero) is 1. The fourth-order valence-corrected chi connectivity index (χ4v) is 7.44. The number of aromatic nitrogens is 7. The number of hydrogen-bond donors (Lipinski definition) is 0. The first-order valence-corrected chi connectivity index (χ1v) is 14.7. The highest BCUT2D eigenvalue weighted by atomic mass is 32.2. The van der Waals surface area contributed by atoms with Crippen molar-refractivity contribution in [2.24, 2.45) is 12.5 Å². The molecule has 17 heteroatoms. The molecule has 1 fully saturated rings. The Morgan fingerprint density at radius 1 is 1.14 bits per heavy atom. The number of rotatable bonds is 7. The molecule has 230 valence electrons. The monoisotopic (exact) mass is 634 g/mol. The summed E-state index contributed by atoms with van der Waals surface area (Å²) < 4.78 is 99.2. The zero-order valence-corrected chi connectivity index (χ0v) is 23.7. The van der Waals surface area contributed by atoms with E-state index in [1.807, 2.05) is 0 Å².